The number of nitrogen functional groups attached to an aromatic ring is 1. The first-order valence-corrected chi connectivity index (χ1v) is 11.9. The molecule has 0 atom stereocenters. The van der Waals surface area contributed by atoms with Gasteiger partial charge in [-0.15, -0.1) is 11.3 Å². The van der Waals surface area contributed by atoms with Gasteiger partial charge in [0.05, 0.1) is 29.0 Å². The maximum atomic E-state index is 12.0. The number of carboxylic acid groups (broad SMARTS) is 1. The number of nitrogens with two attached hydrogens (primary N) is 1. The van der Waals surface area contributed by atoms with Crippen molar-refractivity contribution in [3.63, 3.8) is 0 Å². The Morgan fingerprint density at radius 2 is 1.89 bits per heavy atom. The molecular weight excluding hydrogens is 484 g/mol. The molecule has 1 aromatic carbocycles. The van der Waals surface area contributed by atoms with Gasteiger partial charge >= 0.3 is 6.09 Å². The van der Waals surface area contributed by atoms with Crippen LogP contribution < -0.4 is 21.3 Å². The highest BCUT2D eigenvalue weighted by Gasteiger charge is 2.21. The molecule has 0 spiro atoms. The number of fused-ring (bicyclic) bond motifs is 1. The van der Waals surface area contributed by atoms with Crippen LogP contribution in [0.25, 0.3) is 32.0 Å². The van der Waals surface area contributed by atoms with Crippen LogP contribution in [0.4, 0.5) is 22.2 Å². The van der Waals surface area contributed by atoms with E-state index in [0.29, 0.717) is 43.4 Å². The monoisotopic (exact) mass is 506 g/mol. The number of aromatic nitrogens is 4. The van der Waals surface area contributed by atoms with Crippen molar-refractivity contribution in [2.45, 2.75) is 0 Å². The average molecular weight is 507 g/mol. The van der Waals surface area contributed by atoms with Gasteiger partial charge in [0, 0.05) is 36.0 Å². The van der Waals surface area contributed by atoms with Crippen molar-refractivity contribution in [3.05, 3.63) is 42.7 Å². The molecule has 5 rings (SSSR count). The molecule has 4 aromatic rings. The third-order valence-electron chi connectivity index (χ3n) is 5.43. The molecule has 12 nitrogen and oxygen atoms in total. The summed E-state index contributed by atoms with van der Waals surface area (Å²) in [6.45, 7) is 2.31. The van der Waals surface area contributed by atoms with Crippen molar-refractivity contribution < 1.29 is 19.4 Å². The van der Waals surface area contributed by atoms with Crippen molar-refractivity contribution in [1.82, 2.24) is 25.3 Å². The number of carbonyl (C=O) groups excluding carboxylic acids is 1. The number of thiophene rings is 1. The number of benzene rings is 1. The Balaban J connectivity index is 1.51. The molecular formula is C23H22N8O4S. The zero-order chi connectivity index (χ0) is 25.1. The second-order valence-electron chi connectivity index (χ2n) is 7.91. The minimum absolute atomic E-state index is 0.178. The van der Waals surface area contributed by atoms with Crippen LogP contribution in [0.1, 0.15) is 0 Å². The summed E-state index contributed by atoms with van der Waals surface area (Å²) in [6.07, 6.45) is 1.95. The number of hydrogen-bond acceptors (Lipinski definition) is 10. The molecule has 13 heteroatoms. The normalized spacial score (nSPS) is 13.5. The van der Waals surface area contributed by atoms with Crippen LogP contribution in [0.3, 0.4) is 0 Å². The van der Waals surface area contributed by atoms with E-state index in [9.17, 15) is 9.59 Å². The lowest BCUT2D eigenvalue weighted by Crippen LogP contribution is -2.36. The molecule has 4 heterocycles. The van der Waals surface area contributed by atoms with E-state index in [4.69, 9.17) is 25.5 Å². The van der Waals surface area contributed by atoms with E-state index < -0.39 is 12.0 Å². The van der Waals surface area contributed by atoms with Gasteiger partial charge in [0.1, 0.15) is 6.54 Å². The molecule has 5 N–H and O–H groups in total. The van der Waals surface area contributed by atoms with Gasteiger partial charge < -0.3 is 31.1 Å². The first-order chi connectivity index (χ1) is 17.5. The highest BCUT2D eigenvalue weighted by Crippen LogP contribution is 2.39. The molecule has 1 aliphatic heterocycles. The molecule has 36 heavy (non-hydrogen) atoms. The Hall–Kier alpha value is -4.36. The second-order valence-corrected chi connectivity index (χ2v) is 8.97. The summed E-state index contributed by atoms with van der Waals surface area (Å²) in [7, 11) is 0. The van der Waals surface area contributed by atoms with Gasteiger partial charge in [0.25, 0.3) is 0 Å². The fourth-order valence-electron chi connectivity index (χ4n) is 3.74. The van der Waals surface area contributed by atoms with E-state index in [2.05, 4.69) is 25.5 Å². The van der Waals surface area contributed by atoms with Crippen molar-refractivity contribution in [2.75, 3.05) is 48.8 Å². The van der Waals surface area contributed by atoms with Gasteiger partial charge in [0.15, 0.2) is 11.6 Å². The Morgan fingerprint density at radius 1 is 1.11 bits per heavy atom. The summed E-state index contributed by atoms with van der Waals surface area (Å²) in [5.74, 6) is 1.04. The number of ether oxygens (including phenoxy) is 1. The zero-order valence-corrected chi connectivity index (χ0v) is 19.8. The summed E-state index contributed by atoms with van der Waals surface area (Å²) >= 11 is 1.56. The first kappa shape index (κ1) is 23.4. The fraction of sp³-hybridized carbons (Fsp3) is 0.217. The van der Waals surface area contributed by atoms with Crippen LogP contribution in [0.5, 0.6) is 0 Å². The minimum Gasteiger partial charge on any atom is -0.465 e. The number of nitrogens with one attached hydrogen (secondary N) is 2. The number of rotatable bonds is 6. The van der Waals surface area contributed by atoms with Gasteiger partial charge in [-0.3, -0.25) is 4.79 Å². The molecule has 0 bridgehead atoms. The van der Waals surface area contributed by atoms with E-state index in [1.165, 1.54) is 0 Å². The predicted molar refractivity (Wildman–Crippen MR) is 136 cm³/mol. The largest absolute Gasteiger partial charge is 0.465 e. The number of nitrogens with zero attached hydrogens (tertiary/aromatic N) is 5. The van der Waals surface area contributed by atoms with Gasteiger partial charge in [-0.1, -0.05) is 12.1 Å². The van der Waals surface area contributed by atoms with Crippen LogP contribution in [0, 0.1) is 0 Å². The highest BCUT2D eigenvalue weighted by atomic mass is 32.1. The SMILES string of the molecule is Nc1ncc(-c2nc(N3CCOCC3)c3sc(-c4cccc(NC(=O)CNC(=O)O)c4)cc3n2)cn1. The molecule has 1 aliphatic rings. The number of morpholine rings is 1. The van der Waals surface area contributed by atoms with Crippen LogP contribution in [0.2, 0.25) is 0 Å². The van der Waals surface area contributed by atoms with Gasteiger partial charge in [-0.05, 0) is 23.8 Å². The summed E-state index contributed by atoms with van der Waals surface area (Å²) in [5.41, 5.74) is 8.52. The topological polar surface area (TPSA) is 168 Å². The summed E-state index contributed by atoms with van der Waals surface area (Å²) < 4.78 is 6.46. The molecule has 0 unspecified atom stereocenters. The maximum absolute atomic E-state index is 12.0. The number of hydrogen-bond donors (Lipinski definition) is 4. The summed E-state index contributed by atoms with van der Waals surface area (Å²) in [6, 6.07) is 9.33. The van der Waals surface area contributed by atoms with Crippen LogP contribution in [0.15, 0.2) is 42.7 Å². The highest BCUT2D eigenvalue weighted by molar-refractivity contribution is 7.22. The lowest BCUT2D eigenvalue weighted by atomic mass is 10.1. The van der Waals surface area contributed by atoms with Crippen LogP contribution >= 0.6 is 11.3 Å². The van der Waals surface area contributed by atoms with Gasteiger partial charge in [-0.2, -0.15) is 0 Å². The number of anilines is 3. The minimum atomic E-state index is -1.26. The van der Waals surface area contributed by atoms with Gasteiger partial charge in [0.2, 0.25) is 11.9 Å². The molecule has 0 aliphatic carbocycles. The number of amides is 2. The molecule has 2 amide bonds. The Morgan fingerprint density at radius 3 is 2.64 bits per heavy atom. The third kappa shape index (κ3) is 5.16. The van der Waals surface area contributed by atoms with E-state index in [-0.39, 0.29) is 12.5 Å². The average Bonchev–Trinajstić information content (AvgIpc) is 3.32. The standard InChI is InChI=1S/C23H22N8O4S/c24-22-25-10-14(11-26-22)20-29-16-9-17(36-19(16)21(30-20)31-4-6-35-7-5-31)13-2-1-3-15(8-13)28-18(32)12-27-23(33)34/h1-3,8-11,27H,4-7,12H2,(H,28,32)(H,33,34)(H2,24,25,26). The summed E-state index contributed by atoms with van der Waals surface area (Å²) in [4.78, 5) is 43.6. The van der Waals surface area contributed by atoms with Crippen molar-refractivity contribution in [3.8, 4) is 21.8 Å². The predicted octanol–water partition coefficient (Wildman–Crippen LogP) is 2.44. The fourth-order valence-corrected chi connectivity index (χ4v) is 4.85. The quantitative estimate of drug-likeness (QED) is 0.305. The van der Waals surface area contributed by atoms with Crippen molar-refractivity contribution >= 4 is 51.0 Å². The van der Waals surface area contributed by atoms with E-state index in [0.717, 1.165) is 26.5 Å². The lowest BCUT2D eigenvalue weighted by molar-refractivity contribution is -0.115. The van der Waals surface area contributed by atoms with Crippen molar-refractivity contribution in [2.24, 2.45) is 0 Å². The molecule has 1 saturated heterocycles. The first-order valence-electron chi connectivity index (χ1n) is 11.1. The molecule has 0 saturated carbocycles. The zero-order valence-electron chi connectivity index (χ0n) is 19.0. The second kappa shape index (κ2) is 10.1. The van der Waals surface area contributed by atoms with Crippen LogP contribution in [-0.4, -0.2) is 69.9 Å². The Bertz CT molecular complexity index is 1420. The Kier molecular flexibility index (Phi) is 6.56. The van der Waals surface area contributed by atoms with Gasteiger partial charge in [-0.25, -0.2) is 24.7 Å². The Labute approximate surface area is 209 Å². The molecule has 1 fully saturated rings. The smallest absolute Gasteiger partial charge is 0.405 e. The van der Waals surface area contributed by atoms with Crippen LogP contribution in [-0.2, 0) is 9.53 Å². The van der Waals surface area contributed by atoms with E-state index in [1.807, 2.05) is 24.3 Å². The van der Waals surface area contributed by atoms with E-state index in [1.54, 1.807) is 29.8 Å². The number of carbonyl (C=O) groups is 2. The van der Waals surface area contributed by atoms with Crippen molar-refractivity contribution in [1.29, 1.82) is 0 Å². The third-order valence-corrected chi connectivity index (χ3v) is 6.59. The van der Waals surface area contributed by atoms with E-state index >= 15 is 0 Å². The lowest BCUT2D eigenvalue weighted by Gasteiger charge is -2.28. The summed E-state index contributed by atoms with van der Waals surface area (Å²) in [5, 5.41) is 13.4. The molecule has 3 aromatic heterocycles. The molecule has 184 valence electrons. The maximum Gasteiger partial charge on any atom is 0.405 e. The molecule has 0 radical (unpaired) electrons.